The quantitative estimate of drug-likeness (QED) is 0.882. The molecule has 0 aromatic heterocycles. The van der Waals surface area contributed by atoms with Gasteiger partial charge in [0.2, 0.25) is 5.91 Å². The highest BCUT2D eigenvalue weighted by molar-refractivity contribution is 5.96. The molecule has 20 heavy (non-hydrogen) atoms. The summed E-state index contributed by atoms with van der Waals surface area (Å²) in [4.78, 5) is 23.7. The van der Waals surface area contributed by atoms with Gasteiger partial charge in [0.05, 0.1) is 24.0 Å². The van der Waals surface area contributed by atoms with Crippen LogP contribution in [0.2, 0.25) is 0 Å². The molecule has 1 aromatic carbocycles. The number of aryl methyl sites for hydroxylation is 1. The van der Waals surface area contributed by atoms with Crippen molar-refractivity contribution in [3.05, 3.63) is 29.8 Å². The van der Waals surface area contributed by atoms with E-state index in [1.165, 1.54) is 0 Å². The van der Waals surface area contributed by atoms with Crippen molar-refractivity contribution in [2.45, 2.75) is 32.0 Å². The zero-order chi connectivity index (χ0) is 14.3. The van der Waals surface area contributed by atoms with Gasteiger partial charge < -0.3 is 15.2 Å². The molecule has 0 radical (unpaired) electrons. The van der Waals surface area contributed by atoms with E-state index in [9.17, 15) is 14.7 Å². The zero-order valence-electron chi connectivity index (χ0n) is 11.2. The average Bonchev–Trinajstić information content (AvgIpc) is 2.98. The Bertz CT molecular complexity index is 557. The largest absolute Gasteiger partial charge is 0.481 e. The third-order valence-electron chi connectivity index (χ3n) is 4.15. The summed E-state index contributed by atoms with van der Waals surface area (Å²) < 4.78 is 5.60. The lowest BCUT2D eigenvalue weighted by atomic mass is 9.78. The highest BCUT2D eigenvalue weighted by Crippen LogP contribution is 2.44. The molecule has 0 unspecified atom stereocenters. The summed E-state index contributed by atoms with van der Waals surface area (Å²) in [6, 6.07) is 7.46. The van der Waals surface area contributed by atoms with Gasteiger partial charge in [-0.05, 0) is 37.5 Å². The van der Waals surface area contributed by atoms with Gasteiger partial charge in [-0.3, -0.25) is 9.59 Å². The van der Waals surface area contributed by atoms with E-state index >= 15 is 0 Å². The Balaban J connectivity index is 1.78. The van der Waals surface area contributed by atoms with Crippen LogP contribution >= 0.6 is 0 Å². The lowest BCUT2D eigenvalue weighted by molar-refractivity contribution is -0.147. The summed E-state index contributed by atoms with van der Waals surface area (Å²) in [5.74, 6) is -2.51. The highest BCUT2D eigenvalue weighted by Gasteiger charge is 2.55. The van der Waals surface area contributed by atoms with Gasteiger partial charge in [0.25, 0.3) is 0 Å². The molecule has 2 saturated heterocycles. The second-order valence-electron chi connectivity index (χ2n) is 5.54. The first-order valence-corrected chi connectivity index (χ1v) is 6.82. The third kappa shape index (κ3) is 2.18. The normalized spacial score (nSPS) is 31.2. The van der Waals surface area contributed by atoms with Crippen molar-refractivity contribution in [3.63, 3.8) is 0 Å². The second-order valence-corrected chi connectivity index (χ2v) is 5.54. The number of carboxylic acids is 1. The van der Waals surface area contributed by atoms with E-state index in [1.807, 2.05) is 25.1 Å². The third-order valence-corrected chi connectivity index (χ3v) is 4.15. The van der Waals surface area contributed by atoms with Crippen LogP contribution in [0.25, 0.3) is 0 Å². The van der Waals surface area contributed by atoms with Crippen LogP contribution in [0.1, 0.15) is 18.4 Å². The van der Waals surface area contributed by atoms with E-state index in [4.69, 9.17) is 4.74 Å². The van der Waals surface area contributed by atoms with E-state index in [0.717, 1.165) is 18.4 Å². The Morgan fingerprint density at radius 3 is 2.60 bits per heavy atom. The Morgan fingerprint density at radius 1 is 1.25 bits per heavy atom. The van der Waals surface area contributed by atoms with Gasteiger partial charge in [0.15, 0.2) is 0 Å². The van der Waals surface area contributed by atoms with Crippen LogP contribution in [0.15, 0.2) is 24.3 Å². The smallest absolute Gasteiger partial charge is 0.310 e. The fraction of sp³-hybridized carbons (Fsp3) is 0.467. The predicted molar refractivity (Wildman–Crippen MR) is 72.3 cm³/mol. The Hall–Kier alpha value is -1.88. The lowest BCUT2D eigenvalue weighted by Gasteiger charge is -2.23. The molecule has 2 heterocycles. The summed E-state index contributed by atoms with van der Waals surface area (Å²) in [7, 11) is 0. The number of ether oxygens (including phenoxy) is 1. The molecule has 5 heteroatoms. The summed E-state index contributed by atoms with van der Waals surface area (Å²) in [5, 5.41) is 12.1. The van der Waals surface area contributed by atoms with Gasteiger partial charge in [-0.1, -0.05) is 12.1 Å². The number of fused-ring (bicyclic) bond motifs is 2. The van der Waals surface area contributed by atoms with Gasteiger partial charge in [-0.25, -0.2) is 0 Å². The monoisotopic (exact) mass is 275 g/mol. The number of benzene rings is 1. The van der Waals surface area contributed by atoms with Gasteiger partial charge in [-0.2, -0.15) is 0 Å². The van der Waals surface area contributed by atoms with Crippen LogP contribution < -0.4 is 5.32 Å². The minimum Gasteiger partial charge on any atom is -0.481 e. The number of anilines is 1. The van der Waals surface area contributed by atoms with Crippen LogP contribution in [0.4, 0.5) is 5.69 Å². The molecule has 2 fully saturated rings. The maximum absolute atomic E-state index is 12.4. The Kier molecular flexibility index (Phi) is 3.22. The molecule has 0 spiro atoms. The molecule has 4 atom stereocenters. The maximum atomic E-state index is 12.4. The fourth-order valence-corrected chi connectivity index (χ4v) is 3.27. The highest BCUT2D eigenvalue weighted by atomic mass is 16.5. The molecule has 2 aliphatic heterocycles. The first-order chi connectivity index (χ1) is 9.56. The maximum Gasteiger partial charge on any atom is 0.310 e. The number of carbonyl (C=O) groups is 2. The molecule has 5 nitrogen and oxygen atoms in total. The van der Waals surface area contributed by atoms with Gasteiger partial charge in [0.1, 0.15) is 0 Å². The van der Waals surface area contributed by atoms with Crippen molar-refractivity contribution in [2.75, 3.05) is 5.32 Å². The van der Waals surface area contributed by atoms with Crippen molar-refractivity contribution in [3.8, 4) is 0 Å². The molecule has 1 aromatic rings. The number of carbonyl (C=O) groups excluding carboxylic acids is 1. The van der Waals surface area contributed by atoms with Gasteiger partial charge in [0, 0.05) is 5.69 Å². The second kappa shape index (κ2) is 4.90. The minimum atomic E-state index is -0.943. The number of aliphatic carboxylic acids is 1. The summed E-state index contributed by atoms with van der Waals surface area (Å²) in [6.07, 6.45) is 0.924. The number of hydrogen-bond donors (Lipinski definition) is 2. The van der Waals surface area contributed by atoms with Crippen LogP contribution in [0.5, 0.6) is 0 Å². The molecule has 106 valence electrons. The van der Waals surface area contributed by atoms with Crippen LogP contribution in [-0.4, -0.2) is 29.2 Å². The van der Waals surface area contributed by atoms with Crippen molar-refractivity contribution in [2.24, 2.45) is 11.8 Å². The molecule has 0 saturated carbocycles. The van der Waals surface area contributed by atoms with E-state index in [-0.39, 0.29) is 18.1 Å². The van der Waals surface area contributed by atoms with E-state index in [2.05, 4.69) is 5.32 Å². The topological polar surface area (TPSA) is 75.6 Å². The average molecular weight is 275 g/mol. The zero-order valence-corrected chi connectivity index (χ0v) is 11.2. The van der Waals surface area contributed by atoms with Gasteiger partial charge >= 0.3 is 5.97 Å². The van der Waals surface area contributed by atoms with Crippen molar-refractivity contribution in [1.29, 1.82) is 0 Å². The van der Waals surface area contributed by atoms with E-state index in [1.54, 1.807) is 6.07 Å². The number of carboxylic acid groups (broad SMARTS) is 1. The van der Waals surface area contributed by atoms with Crippen molar-refractivity contribution >= 4 is 17.6 Å². The molecular formula is C15H17NO4. The first kappa shape index (κ1) is 13.1. The molecular weight excluding hydrogens is 258 g/mol. The van der Waals surface area contributed by atoms with Crippen LogP contribution in [0.3, 0.4) is 0 Å². The Morgan fingerprint density at radius 2 is 1.95 bits per heavy atom. The Labute approximate surface area is 116 Å². The summed E-state index contributed by atoms with van der Waals surface area (Å²) in [5.41, 5.74) is 1.74. The van der Waals surface area contributed by atoms with Crippen LogP contribution in [-0.2, 0) is 14.3 Å². The SMILES string of the molecule is Cc1cccc(NC(=O)[C@@H]2[C@@H](C(=O)O)[C@@H]3CC[C@H]2O3)c1. The number of rotatable bonds is 3. The molecule has 2 bridgehead atoms. The number of amides is 1. The fourth-order valence-electron chi connectivity index (χ4n) is 3.27. The van der Waals surface area contributed by atoms with E-state index < -0.39 is 17.8 Å². The summed E-state index contributed by atoms with van der Waals surface area (Å²) in [6.45, 7) is 1.94. The molecule has 0 aliphatic carbocycles. The van der Waals surface area contributed by atoms with E-state index in [0.29, 0.717) is 5.69 Å². The molecule has 3 rings (SSSR count). The minimum absolute atomic E-state index is 0.254. The van der Waals surface area contributed by atoms with Gasteiger partial charge in [-0.15, -0.1) is 0 Å². The standard InChI is InChI=1S/C15H17NO4/c1-8-3-2-4-9(7-8)16-14(17)12-10-5-6-11(20-10)13(12)15(18)19/h2-4,7,10-13H,5-6H2,1H3,(H,16,17)(H,18,19)/t10-,11+,12+,13+/m1/s1. The molecule has 2 aliphatic rings. The lowest BCUT2D eigenvalue weighted by Crippen LogP contribution is -2.40. The first-order valence-electron chi connectivity index (χ1n) is 6.82. The number of hydrogen-bond acceptors (Lipinski definition) is 3. The van der Waals surface area contributed by atoms with Crippen molar-refractivity contribution < 1.29 is 19.4 Å². The number of nitrogens with one attached hydrogen (secondary N) is 1. The summed E-state index contributed by atoms with van der Waals surface area (Å²) >= 11 is 0. The molecule has 1 amide bonds. The van der Waals surface area contributed by atoms with Crippen molar-refractivity contribution in [1.82, 2.24) is 0 Å². The van der Waals surface area contributed by atoms with Crippen LogP contribution in [0, 0.1) is 18.8 Å². The molecule has 2 N–H and O–H groups in total. The predicted octanol–water partition coefficient (Wildman–Crippen LogP) is 1.81.